The third-order valence-electron chi connectivity index (χ3n) is 4.17. The second-order valence-corrected chi connectivity index (χ2v) is 6.70. The van der Waals surface area contributed by atoms with Crippen LogP contribution in [0.4, 0.5) is 4.39 Å². The molecule has 0 atom stereocenters. The minimum absolute atomic E-state index is 0.198. The number of ether oxygens (including phenoxy) is 2. The van der Waals surface area contributed by atoms with Crippen molar-refractivity contribution in [3.05, 3.63) is 45.7 Å². The smallest absolute Gasteiger partial charge is 0.127 e. The van der Waals surface area contributed by atoms with Crippen LogP contribution >= 0.6 is 11.3 Å². The fourth-order valence-corrected chi connectivity index (χ4v) is 3.91. The van der Waals surface area contributed by atoms with Crippen LogP contribution in [-0.2, 0) is 16.8 Å². The second kappa shape index (κ2) is 6.95. The van der Waals surface area contributed by atoms with E-state index in [0.29, 0.717) is 25.5 Å². The van der Waals surface area contributed by atoms with E-state index in [1.807, 2.05) is 13.0 Å². The first-order valence-corrected chi connectivity index (χ1v) is 8.58. The molecule has 3 rings (SSSR count). The second-order valence-electron chi connectivity index (χ2n) is 5.84. The normalized spacial score (nSPS) is 17.2. The van der Waals surface area contributed by atoms with Crippen molar-refractivity contribution < 1.29 is 13.9 Å². The zero-order valence-electron chi connectivity index (χ0n) is 13.4. The topological polar surface area (TPSA) is 43.4 Å². The van der Waals surface area contributed by atoms with Gasteiger partial charge in [0.05, 0.1) is 12.6 Å². The molecule has 1 aromatic carbocycles. The van der Waals surface area contributed by atoms with Crippen LogP contribution in [0.15, 0.2) is 23.6 Å². The van der Waals surface area contributed by atoms with Crippen molar-refractivity contribution in [1.29, 1.82) is 0 Å². The summed E-state index contributed by atoms with van der Waals surface area (Å²) in [4.78, 5) is 4.67. The van der Waals surface area contributed by atoms with Crippen LogP contribution in [0, 0.1) is 12.7 Å². The van der Waals surface area contributed by atoms with E-state index in [1.165, 1.54) is 12.1 Å². The van der Waals surface area contributed by atoms with E-state index >= 15 is 0 Å². The molecule has 0 spiro atoms. The molecule has 1 aliphatic rings. The van der Waals surface area contributed by atoms with Crippen molar-refractivity contribution in [3.8, 4) is 5.75 Å². The van der Waals surface area contributed by atoms with Gasteiger partial charge < -0.3 is 14.8 Å². The number of aryl methyl sites for hydroxylation is 1. The van der Waals surface area contributed by atoms with E-state index in [2.05, 4.69) is 15.7 Å². The van der Waals surface area contributed by atoms with Crippen LogP contribution in [0.5, 0.6) is 5.75 Å². The molecule has 1 saturated heterocycles. The Kier molecular flexibility index (Phi) is 4.94. The molecule has 1 aromatic heterocycles. The molecule has 1 N–H and O–H groups in total. The maximum atomic E-state index is 13.7. The molecule has 0 amide bonds. The number of rotatable bonds is 5. The fraction of sp³-hybridized carbons (Fsp3) is 0.471. The molecule has 2 aromatic rings. The van der Waals surface area contributed by atoms with Gasteiger partial charge in [-0.05, 0) is 37.5 Å². The van der Waals surface area contributed by atoms with Crippen molar-refractivity contribution in [2.45, 2.75) is 31.8 Å². The molecule has 0 bridgehead atoms. The molecule has 1 fully saturated rings. The minimum atomic E-state index is -0.285. The number of hydrogen-bond donors (Lipinski definition) is 1. The van der Waals surface area contributed by atoms with E-state index in [-0.39, 0.29) is 11.4 Å². The number of thiazole rings is 1. The molecule has 0 aliphatic carbocycles. The van der Waals surface area contributed by atoms with Gasteiger partial charge in [0.2, 0.25) is 0 Å². The first-order valence-electron chi connectivity index (χ1n) is 7.70. The average Bonchev–Trinajstić information content (AvgIpc) is 3.00. The predicted octanol–water partition coefficient (Wildman–Crippen LogP) is 3.39. The van der Waals surface area contributed by atoms with Gasteiger partial charge >= 0.3 is 0 Å². The van der Waals surface area contributed by atoms with Crippen LogP contribution in [0.3, 0.4) is 0 Å². The molecule has 2 heterocycles. The van der Waals surface area contributed by atoms with Gasteiger partial charge in [0, 0.05) is 36.9 Å². The highest BCUT2D eigenvalue weighted by Crippen LogP contribution is 2.34. The monoisotopic (exact) mass is 336 g/mol. The van der Waals surface area contributed by atoms with Gasteiger partial charge in [-0.15, -0.1) is 11.3 Å². The number of nitrogens with zero attached hydrogens (tertiary/aromatic N) is 1. The van der Waals surface area contributed by atoms with Crippen molar-refractivity contribution >= 4 is 11.3 Å². The van der Waals surface area contributed by atoms with Gasteiger partial charge in [-0.2, -0.15) is 0 Å². The number of methoxy groups -OCH3 is 1. The third kappa shape index (κ3) is 3.71. The largest absolute Gasteiger partial charge is 0.497 e. The average molecular weight is 336 g/mol. The Hall–Kier alpha value is -1.50. The van der Waals surface area contributed by atoms with Crippen molar-refractivity contribution in [2.24, 2.45) is 0 Å². The van der Waals surface area contributed by atoms with Crippen LogP contribution in [0.2, 0.25) is 0 Å². The van der Waals surface area contributed by atoms with Crippen LogP contribution < -0.4 is 10.1 Å². The highest BCUT2D eigenvalue weighted by Gasteiger charge is 2.36. The molecule has 0 radical (unpaired) electrons. The summed E-state index contributed by atoms with van der Waals surface area (Å²) in [6, 6.07) is 4.78. The Bertz CT molecular complexity index is 668. The summed E-state index contributed by atoms with van der Waals surface area (Å²) in [5, 5.41) is 6.76. The summed E-state index contributed by atoms with van der Waals surface area (Å²) < 4.78 is 24.3. The lowest BCUT2D eigenvalue weighted by Gasteiger charge is -2.36. The van der Waals surface area contributed by atoms with E-state index in [4.69, 9.17) is 9.47 Å². The lowest BCUT2D eigenvalue weighted by atomic mass is 9.90. The standard InChI is InChI=1S/C17H21FN2O2S/c1-12-11-23-16(20-12)17(3-5-22-6-4-17)19-10-13-7-14(18)9-15(8-13)21-2/h7-9,11,19H,3-6,10H2,1-2H3. The first kappa shape index (κ1) is 16.4. The zero-order chi connectivity index (χ0) is 16.3. The van der Waals surface area contributed by atoms with Crippen molar-refractivity contribution in [1.82, 2.24) is 10.3 Å². The first-order chi connectivity index (χ1) is 11.1. The Morgan fingerprint density at radius 3 is 2.78 bits per heavy atom. The number of aromatic nitrogens is 1. The van der Waals surface area contributed by atoms with Gasteiger partial charge in [-0.25, -0.2) is 9.37 Å². The summed E-state index contributed by atoms with van der Waals surface area (Å²) in [6.45, 7) is 3.98. The zero-order valence-corrected chi connectivity index (χ0v) is 14.2. The third-order valence-corrected chi connectivity index (χ3v) is 5.34. The summed E-state index contributed by atoms with van der Waals surface area (Å²) in [5.41, 5.74) is 1.70. The summed E-state index contributed by atoms with van der Waals surface area (Å²) in [7, 11) is 1.55. The van der Waals surface area contributed by atoms with Gasteiger partial charge in [-0.1, -0.05) is 0 Å². The van der Waals surface area contributed by atoms with Gasteiger partial charge in [0.25, 0.3) is 0 Å². The van der Waals surface area contributed by atoms with Crippen LogP contribution in [0.25, 0.3) is 0 Å². The molecule has 0 unspecified atom stereocenters. The van der Waals surface area contributed by atoms with E-state index < -0.39 is 0 Å². The summed E-state index contributed by atoms with van der Waals surface area (Å²) >= 11 is 1.67. The van der Waals surface area contributed by atoms with E-state index in [1.54, 1.807) is 18.4 Å². The number of halogens is 1. The highest BCUT2D eigenvalue weighted by molar-refractivity contribution is 7.09. The van der Waals surface area contributed by atoms with Gasteiger partial charge in [0.1, 0.15) is 16.6 Å². The van der Waals surface area contributed by atoms with E-state index in [9.17, 15) is 4.39 Å². The molecular formula is C17H21FN2O2S. The molecule has 1 aliphatic heterocycles. The molecular weight excluding hydrogens is 315 g/mol. The highest BCUT2D eigenvalue weighted by atomic mass is 32.1. The van der Waals surface area contributed by atoms with Crippen molar-refractivity contribution in [3.63, 3.8) is 0 Å². The maximum Gasteiger partial charge on any atom is 0.127 e. The predicted molar refractivity (Wildman–Crippen MR) is 88.4 cm³/mol. The number of hydrogen-bond acceptors (Lipinski definition) is 5. The molecule has 23 heavy (non-hydrogen) atoms. The fourth-order valence-electron chi connectivity index (χ4n) is 2.87. The Balaban J connectivity index is 1.81. The molecule has 0 saturated carbocycles. The summed E-state index contributed by atoms with van der Waals surface area (Å²) in [6.07, 6.45) is 1.73. The van der Waals surface area contributed by atoms with E-state index in [0.717, 1.165) is 29.1 Å². The SMILES string of the molecule is COc1cc(F)cc(CNC2(c3nc(C)cs3)CCOCC2)c1. The number of benzene rings is 1. The Labute approximate surface area is 139 Å². The minimum Gasteiger partial charge on any atom is -0.497 e. The summed E-state index contributed by atoms with van der Waals surface area (Å²) in [5.74, 6) is 0.250. The van der Waals surface area contributed by atoms with Crippen LogP contribution in [0.1, 0.15) is 29.1 Å². The van der Waals surface area contributed by atoms with Crippen molar-refractivity contribution in [2.75, 3.05) is 20.3 Å². The molecule has 4 nitrogen and oxygen atoms in total. The molecule has 124 valence electrons. The van der Waals surface area contributed by atoms with Crippen LogP contribution in [-0.4, -0.2) is 25.3 Å². The van der Waals surface area contributed by atoms with Gasteiger partial charge in [0.15, 0.2) is 0 Å². The maximum absolute atomic E-state index is 13.7. The Morgan fingerprint density at radius 2 is 2.13 bits per heavy atom. The quantitative estimate of drug-likeness (QED) is 0.909. The lowest BCUT2D eigenvalue weighted by Crippen LogP contribution is -2.46. The molecule has 6 heteroatoms. The lowest BCUT2D eigenvalue weighted by molar-refractivity contribution is 0.0356. The Morgan fingerprint density at radius 1 is 1.35 bits per heavy atom. The number of nitrogens with one attached hydrogen (secondary N) is 1. The van der Waals surface area contributed by atoms with Gasteiger partial charge in [-0.3, -0.25) is 0 Å².